The summed E-state index contributed by atoms with van der Waals surface area (Å²) in [6, 6.07) is 14.1. The number of fused-ring (bicyclic) bond motifs is 1. The fourth-order valence-corrected chi connectivity index (χ4v) is 3.54. The number of anilines is 1. The van der Waals surface area contributed by atoms with Crippen molar-refractivity contribution in [3.05, 3.63) is 77.3 Å². The van der Waals surface area contributed by atoms with Gasteiger partial charge in [0, 0.05) is 32.1 Å². The van der Waals surface area contributed by atoms with Gasteiger partial charge in [-0.15, -0.1) is 10.2 Å². The molecule has 0 spiro atoms. The van der Waals surface area contributed by atoms with Crippen molar-refractivity contribution in [3.63, 3.8) is 0 Å². The Morgan fingerprint density at radius 1 is 1.21 bits per heavy atom. The van der Waals surface area contributed by atoms with Crippen LogP contribution in [0.3, 0.4) is 0 Å². The summed E-state index contributed by atoms with van der Waals surface area (Å²) in [5, 5.41) is 10.9. The first-order valence-electron chi connectivity index (χ1n) is 9.25. The van der Waals surface area contributed by atoms with E-state index in [-0.39, 0.29) is 24.2 Å². The van der Waals surface area contributed by atoms with Gasteiger partial charge in [-0.25, -0.2) is 4.39 Å². The fourth-order valence-electron chi connectivity index (χ4n) is 3.54. The number of aryl methyl sites for hydroxylation is 1. The van der Waals surface area contributed by atoms with Crippen molar-refractivity contribution in [2.24, 2.45) is 0 Å². The highest BCUT2D eigenvalue weighted by Gasteiger charge is 2.31. The molecule has 1 atom stereocenters. The number of nitrogens with one attached hydrogen (secondary N) is 1. The molecule has 2 heterocycles. The van der Waals surface area contributed by atoms with E-state index >= 15 is 0 Å². The molecule has 1 unspecified atom stereocenters. The van der Waals surface area contributed by atoms with E-state index in [1.165, 1.54) is 23.3 Å². The van der Waals surface area contributed by atoms with Crippen LogP contribution >= 0.6 is 0 Å². The molecule has 1 aliphatic rings. The van der Waals surface area contributed by atoms with Crippen LogP contribution in [0, 0.1) is 12.7 Å². The van der Waals surface area contributed by atoms with Crippen LogP contribution in [0.15, 0.2) is 52.9 Å². The van der Waals surface area contributed by atoms with E-state index in [2.05, 4.69) is 32.5 Å². The molecule has 4 rings (SSSR count). The Morgan fingerprint density at radius 3 is 2.79 bits per heavy atom. The number of carbonyl (C=O) groups is 1. The third kappa shape index (κ3) is 4.09. The third-order valence-corrected chi connectivity index (χ3v) is 4.91. The average Bonchev–Trinajstić information content (AvgIpc) is 3.12. The van der Waals surface area contributed by atoms with Crippen molar-refractivity contribution >= 4 is 11.6 Å². The van der Waals surface area contributed by atoms with Gasteiger partial charge in [0.05, 0.1) is 6.04 Å². The van der Waals surface area contributed by atoms with E-state index in [0.717, 1.165) is 6.42 Å². The van der Waals surface area contributed by atoms with Crippen molar-refractivity contribution in [3.8, 4) is 0 Å². The maximum atomic E-state index is 13.3. The molecule has 0 bridgehead atoms. The van der Waals surface area contributed by atoms with Gasteiger partial charge in [0.25, 0.3) is 0 Å². The molecule has 2 aromatic carbocycles. The molecule has 1 aliphatic heterocycles. The normalized spacial score (nSPS) is 16.6. The number of hydrogen-bond acceptors (Lipinski definition) is 5. The summed E-state index contributed by atoms with van der Waals surface area (Å²) in [5.41, 5.74) is 2.95. The molecule has 28 heavy (non-hydrogen) atoms. The van der Waals surface area contributed by atoms with Crippen molar-refractivity contribution in [1.82, 2.24) is 15.1 Å². The highest BCUT2D eigenvalue weighted by molar-refractivity contribution is 5.90. The van der Waals surface area contributed by atoms with E-state index in [9.17, 15) is 9.18 Å². The minimum atomic E-state index is -0.378. The third-order valence-electron chi connectivity index (χ3n) is 4.91. The number of carbonyl (C=O) groups excluding carboxylic acids is 1. The lowest BCUT2D eigenvalue weighted by molar-refractivity contribution is -0.116. The predicted octanol–water partition coefficient (Wildman–Crippen LogP) is 3.65. The van der Waals surface area contributed by atoms with Crippen LogP contribution in [0.2, 0.25) is 0 Å². The van der Waals surface area contributed by atoms with E-state index in [1.807, 2.05) is 12.1 Å². The minimum Gasteiger partial charge on any atom is -0.424 e. The molecule has 0 aliphatic carbocycles. The molecule has 7 heteroatoms. The van der Waals surface area contributed by atoms with Gasteiger partial charge in [-0.1, -0.05) is 30.3 Å². The zero-order valence-electron chi connectivity index (χ0n) is 15.6. The average molecular weight is 380 g/mol. The van der Waals surface area contributed by atoms with Gasteiger partial charge in [-0.2, -0.15) is 0 Å². The van der Waals surface area contributed by atoms with Crippen LogP contribution in [0.4, 0.5) is 10.1 Å². The lowest BCUT2D eigenvalue weighted by Crippen LogP contribution is -2.36. The quantitative estimate of drug-likeness (QED) is 0.732. The van der Waals surface area contributed by atoms with Crippen LogP contribution in [0.5, 0.6) is 0 Å². The highest BCUT2D eigenvalue weighted by Crippen LogP contribution is 2.32. The van der Waals surface area contributed by atoms with Crippen molar-refractivity contribution in [2.45, 2.75) is 32.4 Å². The second kappa shape index (κ2) is 7.90. The first-order chi connectivity index (χ1) is 13.6. The van der Waals surface area contributed by atoms with Crippen molar-refractivity contribution in [1.29, 1.82) is 0 Å². The smallest absolute Gasteiger partial charge is 0.233 e. The fraction of sp³-hybridized carbons (Fsp3) is 0.286. The second-order valence-corrected chi connectivity index (χ2v) is 6.93. The summed E-state index contributed by atoms with van der Waals surface area (Å²) < 4.78 is 19.0. The number of hydrogen-bond donors (Lipinski definition) is 1. The first kappa shape index (κ1) is 18.3. The van der Waals surface area contributed by atoms with Crippen molar-refractivity contribution in [2.75, 3.05) is 11.9 Å². The van der Waals surface area contributed by atoms with E-state index in [1.54, 1.807) is 19.1 Å². The summed E-state index contributed by atoms with van der Waals surface area (Å²) in [4.78, 5) is 14.5. The lowest BCUT2D eigenvalue weighted by Gasteiger charge is -2.34. The standard InChI is InChI=1S/C21H21FN4O2/c1-14-24-25-21(28-14)19-11-15-5-2-3-6-16(15)13-26(19)10-9-20(27)23-18-8-4-7-17(22)12-18/h2-8,12,19H,9-11,13H2,1H3,(H,23,27). The molecular weight excluding hydrogens is 359 g/mol. The van der Waals surface area contributed by atoms with E-state index in [0.29, 0.717) is 30.6 Å². The molecule has 1 aromatic heterocycles. The zero-order chi connectivity index (χ0) is 19.5. The number of halogens is 1. The molecule has 144 valence electrons. The van der Waals surface area contributed by atoms with Crippen molar-refractivity contribution < 1.29 is 13.6 Å². The molecule has 0 saturated heterocycles. The monoisotopic (exact) mass is 380 g/mol. The van der Waals surface area contributed by atoms with Crippen LogP contribution in [-0.2, 0) is 17.8 Å². The predicted molar refractivity (Wildman–Crippen MR) is 102 cm³/mol. The Bertz CT molecular complexity index is 988. The lowest BCUT2D eigenvalue weighted by atomic mass is 9.93. The number of benzene rings is 2. The molecule has 0 saturated carbocycles. The second-order valence-electron chi connectivity index (χ2n) is 6.93. The van der Waals surface area contributed by atoms with Crippen LogP contribution < -0.4 is 5.32 Å². The van der Waals surface area contributed by atoms with Gasteiger partial charge in [0.1, 0.15) is 5.82 Å². The number of nitrogens with zero attached hydrogens (tertiary/aromatic N) is 3. The molecule has 1 N–H and O–H groups in total. The molecule has 6 nitrogen and oxygen atoms in total. The van der Waals surface area contributed by atoms with Crippen LogP contribution in [0.25, 0.3) is 0 Å². The minimum absolute atomic E-state index is 0.0712. The summed E-state index contributed by atoms with van der Waals surface area (Å²) in [7, 11) is 0. The Hall–Kier alpha value is -3.06. The van der Waals surface area contributed by atoms with Gasteiger partial charge < -0.3 is 9.73 Å². The van der Waals surface area contributed by atoms with Gasteiger partial charge >= 0.3 is 0 Å². The SMILES string of the molecule is Cc1nnc(C2Cc3ccccc3CN2CCC(=O)Nc2cccc(F)c2)o1. The Kier molecular flexibility index (Phi) is 5.16. The van der Waals surface area contributed by atoms with E-state index < -0.39 is 0 Å². The molecule has 0 fully saturated rings. The van der Waals surface area contributed by atoms with E-state index in [4.69, 9.17) is 4.42 Å². The maximum absolute atomic E-state index is 13.3. The van der Waals surface area contributed by atoms with Crippen LogP contribution in [0.1, 0.15) is 35.4 Å². The maximum Gasteiger partial charge on any atom is 0.233 e. The highest BCUT2D eigenvalue weighted by atomic mass is 19.1. The largest absolute Gasteiger partial charge is 0.424 e. The summed E-state index contributed by atoms with van der Waals surface area (Å²) >= 11 is 0. The molecule has 0 radical (unpaired) electrons. The van der Waals surface area contributed by atoms with Gasteiger partial charge in [0.15, 0.2) is 0 Å². The number of amides is 1. The first-order valence-corrected chi connectivity index (χ1v) is 9.25. The topological polar surface area (TPSA) is 71.3 Å². The Morgan fingerprint density at radius 2 is 2.04 bits per heavy atom. The summed E-state index contributed by atoms with van der Waals surface area (Å²) in [6.07, 6.45) is 1.03. The number of aromatic nitrogens is 2. The van der Waals surface area contributed by atoms with Gasteiger partial charge in [-0.05, 0) is 35.7 Å². The Balaban J connectivity index is 1.47. The number of rotatable bonds is 5. The molecule has 3 aromatic rings. The van der Waals surface area contributed by atoms with Crippen LogP contribution in [-0.4, -0.2) is 27.5 Å². The van der Waals surface area contributed by atoms with Gasteiger partial charge in [0.2, 0.25) is 17.7 Å². The summed E-state index contributed by atoms with van der Waals surface area (Å²) in [5.74, 6) is 0.553. The molecular formula is C21H21FN4O2. The zero-order valence-corrected chi connectivity index (χ0v) is 15.6. The Labute approximate surface area is 162 Å². The van der Waals surface area contributed by atoms with Gasteiger partial charge in [-0.3, -0.25) is 9.69 Å². The summed E-state index contributed by atoms with van der Waals surface area (Å²) in [6.45, 7) is 3.00. The molecule has 1 amide bonds.